The van der Waals surface area contributed by atoms with Gasteiger partial charge in [-0.2, -0.15) is 13.2 Å². The molecule has 0 fully saturated rings. The van der Waals surface area contributed by atoms with Gasteiger partial charge in [0.25, 0.3) is 0 Å². The fourth-order valence-corrected chi connectivity index (χ4v) is 1.80. The number of carbonyl (C=O) groups is 1. The van der Waals surface area contributed by atoms with E-state index in [2.05, 4.69) is 4.98 Å². The van der Waals surface area contributed by atoms with Crippen molar-refractivity contribution in [1.82, 2.24) is 4.98 Å². The van der Waals surface area contributed by atoms with Gasteiger partial charge in [0.1, 0.15) is 5.69 Å². The highest BCUT2D eigenvalue weighted by atomic mass is 35.5. The predicted octanol–water partition coefficient (Wildman–Crippen LogP) is 4.12. The Morgan fingerprint density at radius 3 is 2.30 bits per heavy atom. The minimum atomic E-state index is -4.51. The molecule has 0 bridgehead atoms. The maximum atomic E-state index is 12.4. The summed E-state index contributed by atoms with van der Waals surface area (Å²) in [4.78, 5) is 14.3. The molecule has 0 spiro atoms. The van der Waals surface area contributed by atoms with E-state index in [9.17, 15) is 18.0 Å². The quantitative estimate of drug-likeness (QED) is 0.907. The Bertz CT molecular complexity index is 654. The fourth-order valence-electron chi connectivity index (χ4n) is 1.60. The van der Waals surface area contributed by atoms with Crippen LogP contribution in [0.5, 0.6) is 0 Å². The molecular formula is C13H7ClF3NO2. The number of pyridine rings is 1. The molecule has 0 radical (unpaired) electrons. The molecule has 0 saturated heterocycles. The van der Waals surface area contributed by atoms with E-state index in [1.807, 2.05) is 0 Å². The predicted molar refractivity (Wildman–Crippen MR) is 66.6 cm³/mol. The van der Waals surface area contributed by atoms with Crippen molar-refractivity contribution in [2.75, 3.05) is 0 Å². The minimum absolute atomic E-state index is 0.0566. The topological polar surface area (TPSA) is 50.2 Å². The molecule has 1 aromatic carbocycles. The third-order valence-corrected chi connectivity index (χ3v) is 2.91. The number of halogens is 4. The van der Waals surface area contributed by atoms with E-state index in [1.54, 1.807) is 0 Å². The van der Waals surface area contributed by atoms with Gasteiger partial charge in [-0.25, -0.2) is 4.79 Å². The summed E-state index contributed by atoms with van der Waals surface area (Å²) in [6.07, 6.45) is -3.47. The molecule has 1 heterocycles. The van der Waals surface area contributed by atoms with Crippen LogP contribution in [0, 0.1) is 0 Å². The number of hydrogen-bond acceptors (Lipinski definition) is 2. The maximum absolute atomic E-state index is 12.4. The Balaban J connectivity index is 2.42. The number of carboxylic acids is 1. The number of rotatable bonds is 2. The Hall–Kier alpha value is -2.08. The van der Waals surface area contributed by atoms with E-state index >= 15 is 0 Å². The molecule has 0 aliphatic carbocycles. The van der Waals surface area contributed by atoms with Gasteiger partial charge < -0.3 is 5.11 Å². The number of benzene rings is 1. The van der Waals surface area contributed by atoms with Gasteiger partial charge in [0, 0.05) is 11.8 Å². The number of hydrogen-bond donors (Lipinski definition) is 1. The van der Waals surface area contributed by atoms with Crippen LogP contribution in [-0.2, 0) is 6.18 Å². The first-order valence-corrected chi connectivity index (χ1v) is 5.73. The van der Waals surface area contributed by atoms with Crippen LogP contribution in [0.3, 0.4) is 0 Å². The molecular weight excluding hydrogens is 295 g/mol. The van der Waals surface area contributed by atoms with Crippen LogP contribution in [0.15, 0.2) is 36.5 Å². The van der Waals surface area contributed by atoms with E-state index in [-0.39, 0.29) is 10.6 Å². The molecule has 0 aliphatic rings. The largest absolute Gasteiger partial charge is 0.478 e. The zero-order valence-corrected chi connectivity index (χ0v) is 10.5. The van der Waals surface area contributed by atoms with Crippen molar-refractivity contribution in [3.05, 3.63) is 52.8 Å². The van der Waals surface area contributed by atoms with Crippen LogP contribution < -0.4 is 0 Å². The molecule has 3 nitrogen and oxygen atoms in total. The number of aromatic nitrogens is 1. The first-order valence-electron chi connectivity index (χ1n) is 5.35. The zero-order valence-electron chi connectivity index (χ0n) is 9.78. The van der Waals surface area contributed by atoms with Crippen LogP contribution >= 0.6 is 11.6 Å². The number of nitrogens with zero attached hydrogens (tertiary/aromatic N) is 1. The van der Waals surface area contributed by atoms with Gasteiger partial charge in [-0.15, -0.1) is 0 Å². The summed E-state index contributed by atoms with van der Waals surface area (Å²) < 4.78 is 37.2. The molecule has 20 heavy (non-hydrogen) atoms. The van der Waals surface area contributed by atoms with Crippen LogP contribution in [0.1, 0.15) is 16.1 Å². The van der Waals surface area contributed by atoms with Crippen molar-refractivity contribution in [3.8, 4) is 11.1 Å². The number of carboxylic acid groups (broad SMARTS) is 1. The minimum Gasteiger partial charge on any atom is -0.478 e. The zero-order chi connectivity index (χ0) is 14.9. The molecule has 104 valence electrons. The van der Waals surface area contributed by atoms with Gasteiger partial charge in [0.15, 0.2) is 0 Å². The molecule has 0 saturated carbocycles. The van der Waals surface area contributed by atoms with Crippen LogP contribution in [-0.4, -0.2) is 16.1 Å². The molecule has 0 amide bonds. The normalized spacial score (nSPS) is 11.4. The Labute approximate surface area is 116 Å². The fraction of sp³-hybridized carbons (Fsp3) is 0.0769. The lowest BCUT2D eigenvalue weighted by molar-refractivity contribution is -0.141. The van der Waals surface area contributed by atoms with Crippen LogP contribution in [0.2, 0.25) is 5.02 Å². The second-order valence-corrected chi connectivity index (χ2v) is 4.34. The first kappa shape index (κ1) is 14.3. The Morgan fingerprint density at radius 1 is 1.15 bits per heavy atom. The van der Waals surface area contributed by atoms with Gasteiger partial charge >= 0.3 is 12.1 Å². The maximum Gasteiger partial charge on any atom is 0.433 e. The van der Waals surface area contributed by atoms with Crippen molar-refractivity contribution >= 4 is 17.6 Å². The summed E-state index contributed by atoms with van der Waals surface area (Å²) >= 11 is 5.72. The van der Waals surface area contributed by atoms with Crippen LogP contribution in [0.25, 0.3) is 11.1 Å². The van der Waals surface area contributed by atoms with Crippen LogP contribution in [0.4, 0.5) is 13.2 Å². The highest BCUT2D eigenvalue weighted by Crippen LogP contribution is 2.30. The van der Waals surface area contributed by atoms with Gasteiger partial charge in [-0.1, -0.05) is 23.7 Å². The van der Waals surface area contributed by atoms with Gasteiger partial charge in [-0.05, 0) is 23.8 Å². The van der Waals surface area contributed by atoms with E-state index in [4.69, 9.17) is 16.7 Å². The molecule has 0 unspecified atom stereocenters. The Morgan fingerprint density at radius 2 is 1.80 bits per heavy atom. The van der Waals surface area contributed by atoms with Crippen molar-refractivity contribution < 1.29 is 23.1 Å². The molecule has 0 atom stereocenters. The van der Waals surface area contributed by atoms with E-state index in [1.165, 1.54) is 24.3 Å². The smallest absolute Gasteiger partial charge is 0.433 e. The summed E-state index contributed by atoms with van der Waals surface area (Å²) in [5.74, 6) is -1.21. The standard InChI is InChI=1S/C13H7ClF3NO2/c14-10-3-1-7(5-9(10)12(19)20)8-2-4-11(18-6-8)13(15,16)17/h1-6H,(H,19,20). The lowest BCUT2D eigenvalue weighted by Crippen LogP contribution is -2.07. The summed E-state index contributed by atoms with van der Waals surface area (Å²) in [5, 5.41) is 9.00. The third kappa shape index (κ3) is 2.91. The van der Waals surface area contributed by atoms with Crippen molar-refractivity contribution in [1.29, 1.82) is 0 Å². The molecule has 1 N–H and O–H groups in total. The number of alkyl halides is 3. The summed E-state index contributed by atoms with van der Waals surface area (Å²) in [6, 6.07) is 6.24. The monoisotopic (exact) mass is 301 g/mol. The molecule has 2 rings (SSSR count). The lowest BCUT2D eigenvalue weighted by Gasteiger charge is -2.08. The molecule has 7 heteroatoms. The summed E-state index contributed by atoms with van der Waals surface area (Å²) in [7, 11) is 0. The third-order valence-electron chi connectivity index (χ3n) is 2.58. The highest BCUT2D eigenvalue weighted by Gasteiger charge is 2.32. The Kier molecular flexibility index (Phi) is 3.67. The van der Waals surface area contributed by atoms with E-state index in [0.717, 1.165) is 12.3 Å². The average molecular weight is 302 g/mol. The SMILES string of the molecule is O=C(O)c1cc(-c2ccc(C(F)(F)F)nc2)ccc1Cl. The average Bonchev–Trinajstić information content (AvgIpc) is 2.38. The number of aromatic carboxylic acids is 1. The van der Waals surface area contributed by atoms with Crippen molar-refractivity contribution in [3.63, 3.8) is 0 Å². The first-order chi connectivity index (χ1) is 9.29. The molecule has 0 aliphatic heterocycles. The molecule has 1 aromatic heterocycles. The van der Waals surface area contributed by atoms with Gasteiger partial charge in [-0.3, -0.25) is 4.98 Å². The van der Waals surface area contributed by atoms with Crippen molar-refractivity contribution in [2.45, 2.75) is 6.18 Å². The second-order valence-electron chi connectivity index (χ2n) is 3.93. The lowest BCUT2D eigenvalue weighted by atomic mass is 10.0. The summed E-state index contributed by atoms with van der Waals surface area (Å²) in [5.41, 5.74) is -0.331. The molecule has 2 aromatic rings. The second kappa shape index (κ2) is 5.13. The highest BCUT2D eigenvalue weighted by molar-refractivity contribution is 6.33. The van der Waals surface area contributed by atoms with Gasteiger partial charge in [0.05, 0.1) is 10.6 Å². The van der Waals surface area contributed by atoms with E-state index < -0.39 is 17.8 Å². The van der Waals surface area contributed by atoms with E-state index in [0.29, 0.717) is 11.1 Å². The van der Waals surface area contributed by atoms with Gasteiger partial charge in [0.2, 0.25) is 0 Å². The summed E-state index contributed by atoms with van der Waals surface area (Å²) in [6.45, 7) is 0. The van der Waals surface area contributed by atoms with Crippen molar-refractivity contribution in [2.24, 2.45) is 0 Å².